The highest BCUT2D eigenvalue weighted by atomic mass is 16.5. The highest BCUT2D eigenvalue weighted by Gasteiger charge is 2.41. The number of hydrogen-bond acceptors (Lipinski definition) is 3. The summed E-state index contributed by atoms with van der Waals surface area (Å²) in [6.45, 7) is 1.85. The van der Waals surface area contributed by atoms with Crippen molar-refractivity contribution in [2.75, 3.05) is 14.2 Å². The van der Waals surface area contributed by atoms with E-state index in [2.05, 4.69) is 0 Å². The minimum atomic E-state index is -0.234. The largest absolute Gasteiger partial charge is 0.497 e. The quantitative estimate of drug-likeness (QED) is 0.848. The summed E-state index contributed by atoms with van der Waals surface area (Å²) in [5.74, 6) is 2.46. The van der Waals surface area contributed by atoms with Gasteiger partial charge in [0.1, 0.15) is 11.5 Å². The van der Waals surface area contributed by atoms with Crippen LogP contribution in [-0.2, 0) is 0 Å². The van der Waals surface area contributed by atoms with Crippen LogP contribution >= 0.6 is 0 Å². The lowest BCUT2D eigenvalue weighted by Gasteiger charge is -2.09. The standard InChI is InChI=1S/C13H18O3/c1-8(14)12-7-13(12)9-4-10(15-2)6-11(5-9)16-3/h4-6,8,12-14H,7H2,1-3H3. The summed E-state index contributed by atoms with van der Waals surface area (Å²) in [5, 5.41) is 9.51. The molecule has 1 aromatic rings. The molecule has 1 aromatic carbocycles. The maximum absolute atomic E-state index is 9.51. The van der Waals surface area contributed by atoms with Gasteiger partial charge in [-0.15, -0.1) is 0 Å². The smallest absolute Gasteiger partial charge is 0.122 e. The van der Waals surface area contributed by atoms with E-state index in [0.717, 1.165) is 17.9 Å². The van der Waals surface area contributed by atoms with Crippen LogP contribution in [0, 0.1) is 5.92 Å². The number of aliphatic hydroxyl groups excluding tert-OH is 1. The van der Waals surface area contributed by atoms with Crippen LogP contribution in [0.2, 0.25) is 0 Å². The van der Waals surface area contributed by atoms with Crippen LogP contribution in [0.5, 0.6) is 11.5 Å². The molecule has 2 rings (SSSR count). The number of hydrogen-bond donors (Lipinski definition) is 1. The zero-order chi connectivity index (χ0) is 11.7. The molecule has 1 saturated carbocycles. The van der Waals surface area contributed by atoms with Crippen molar-refractivity contribution >= 4 is 0 Å². The van der Waals surface area contributed by atoms with Crippen molar-refractivity contribution in [2.45, 2.75) is 25.4 Å². The first-order valence-electron chi connectivity index (χ1n) is 5.56. The molecule has 1 aliphatic carbocycles. The van der Waals surface area contributed by atoms with Crippen molar-refractivity contribution in [1.29, 1.82) is 0 Å². The molecular formula is C13H18O3. The Labute approximate surface area is 96.0 Å². The van der Waals surface area contributed by atoms with Crippen molar-refractivity contribution in [3.63, 3.8) is 0 Å². The number of benzene rings is 1. The van der Waals surface area contributed by atoms with E-state index in [-0.39, 0.29) is 6.10 Å². The molecule has 1 fully saturated rings. The molecule has 0 saturated heterocycles. The van der Waals surface area contributed by atoms with Crippen LogP contribution in [0.15, 0.2) is 18.2 Å². The van der Waals surface area contributed by atoms with Crippen molar-refractivity contribution in [2.24, 2.45) is 5.92 Å². The molecule has 3 nitrogen and oxygen atoms in total. The van der Waals surface area contributed by atoms with Gasteiger partial charge in [-0.3, -0.25) is 0 Å². The maximum atomic E-state index is 9.51. The molecule has 0 amide bonds. The van der Waals surface area contributed by atoms with Gasteiger partial charge in [-0.1, -0.05) is 0 Å². The number of rotatable bonds is 4. The van der Waals surface area contributed by atoms with E-state index in [1.807, 2.05) is 25.1 Å². The molecule has 0 bridgehead atoms. The molecule has 3 heteroatoms. The molecule has 0 radical (unpaired) electrons. The summed E-state index contributed by atoms with van der Waals surface area (Å²) < 4.78 is 10.5. The van der Waals surface area contributed by atoms with E-state index in [1.165, 1.54) is 5.56 Å². The topological polar surface area (TPSA) is 38.7 Å². The van der Waals surface area contributed by atoms with Crippen LogP contribution in [0.3, 0.4) is 0 Å². The predicted molar refractivity (Wildman–Crippen MR) is 62.1 cm³/mol. The second kappa shape index (κ2) is 4.34. The van der Waals surface area contributed by atoms with Crippen LogP contribution in [0.1, 0.15) is 24.8 Å². The first-order valence-corrected chi connectivity index (χ1v) is 5.56. The van der Waals surface area contributed by atoms with Gasteiger partial charge in [-0.05, 0) is 42.9 Å². The Bertz CT molecular complexity index is 351. The summed E-state index contributed by atoms with van der Waals surface area (Å²) in [6.07, 6.45) is 0.816. The summed E-state index contributed by atoms with van der Waals surface area (Å²) in [4.78, 5) is 0. The van der Waals surface area contributed by atoms with Crippen molar-refractivity contribution in [3.05, 3.63) is 23.8 Å². The van der Waals surface area contributed by atoms with Gasteiger partial charge in [-0.25, -0.2) is 0 Å². The van der Waals surface area contributed by atoms with Crippen LogP contribution in [0.25, 0.3) is 0 Å². The van der Waals surface area contributed by atoms with Gasteiger partial charge in [0, 0.05) is 6.07 Å². The SMILES string of the molecule is COc1cc(OC)cc(C2CC2C(C)O)c1. The van der Waals surface area contributed by atoms with Gasteiger partial charge in [0.05, 0.1) is 20.3 Å². The summed E-state index contributed by atoms with van der Waals surface area (Å²) in [7, 11) is 3.30. The minimum Gasteiger partial charge on any atom is -0.497 e. The first-order chi connectivity index (χ1) is 7.65. The molecule has 3 atom stereocenters. The summed E-state index contributed by atoms with van der Waals surface area (Å²) >= 11 is 0. The van der Waals surface area contributed by atoms with E-state index in [0.29, 0.717) is 11.8 Å². The Morgan fingerprint density at radius 3 is 2.12 bits per heavy atom. The first kappa shape index (κ1) is 11.3. The molecule has 16 heavy (non-hydrogen) atoms. The lowest BCUT2D eigenvalue weighted by molar-refractivity contribution is 0.169. The minimum absolute atomic E-state index is 0.234. The molecule has 3 unspecified atom stereocenters. The third kappa shape index (κ3) is 2.14. The number of ether oxygens (including phenoxy) is 2. The number of aliphatic hydroxyl groups is 1. The zero-order valence-corrected chi connectivity index (χ0v) is 9.93. The molecule has 0 aliphatic heterocycles. The van der Waals surface area contributed by atoms with Crippen LogP contribution in [-0.4, -0.2) is 25.4 Å². The van der Waals surface area contributed by atoms with Gasteiger partial charge < -0.3 is 14.6 Å². The summed E-state index contributed by atoms with van der Waals surface area (Å²) in [5.41, 5.74) is 1.20. The highest BCUT2D eigenvalue weighted by Crippen LogP contribution is 2.50. The summed E-state index contributed by atoms with van der Waals surface area (Å²) in [6, 6.07) is 5.91. The lowest BCUT2D eigenvalue weighted by Crippen LogP contribution is -2.03. The molecule has 0 aromatic heterocycles. The van der Waals surface area contributed by atoms with Gasteiger partial charge in [0.25, 0.3) is 0 Å². The Balaban J connectivity index is 2.21. The highest BCUT2D eigenvalue weighted by molar-refractivity contribution is 5.42. The number of methoxy groups -OCH3 is 2. The van der Waals surface area contributed by atoms with E-state index in [4.69, 9.17) is 9.47 Å². The van der Waals surface area contributed by atoms with Crippen LogP contribution in [0.4, 0.5) is 0 Å². The van der Waals surface area contributed by atoms with Crippen molar-refractivity contribution < 1.29 is 14.6 Å². The Kier molecular flexibility index (Phi) is 3.06. The molecule has 88 valence electrons. The third-order valence-corrected chi connectivity index (χ3v) is 3.26. The van der Waals surface area contributed by atoms with Gasteiger partial charge in [-0.2, -0.15) is 0 Å². The zero-order valence-electron chi connectivity index (χ0n) is 9.93. The monoisotopic (exact) mass is 222 g/mol. The van der Waals surface area contributed by atoms with Crippen LogP contribution < -0.4 is 9.47 Å². The molecule has 1 aliphatic rings. The molecule has 0 heterocycles. The predicted octanol–water partition coefficient (Wildman–Crippen LogP) is 2.19. The van der Waals surface area contributed by atoms with Crippen molar-refractivity contribution in [1.82, 2.24) is 0 Å². The van der Waals surface area contributed by atoms with Gasteiger partial charge >= 0.3 is 0 Å². The van der Waals surface area contributed by atoms with Crippen molar-refractivity contribution in [3.8, 4) is 11.5 Å². The lowest BCUT2D eigenvalue weighted by atomic mass is 10.1. The average molecular weight is 222 g/mol. The fourth-order valence-electron chi connectivity index (χ4n) is 2.17. The van der Waals surface area contributed by atoms with E-state index < -0.39 is 0 Å². The molecule has 1 N–H and O–H groups in total. The second-order valence-electron chi connectivity index (χ2n) is 4.39. The normalized spacial score (nSPS) is 25.0. The Hall–Kier alpha value is -1.22. The fraction of sp³-hybridized carbons (Fsp3) is 0.538. The molecular weight excluding hydrogens is 204 g/mol. The second-order valence-corrected chi connectivity index (χ2v) is 4.39. The molecule has 0 spiro atoms. The maximum Gasteiger partial charge on any atom is 0.122 e. The fourth-order valence-corrected chi connectivity index (χ4v) is 2.17. The van der Waals surface area contributed by atoms with E-state index >= 15 is 0 Å². The van der Waals surface area contributed by atoms with Gasteiger partial charge in [0.15, 0.2) is 0 Å². The Morgan fingerprint density at radius 1 is 1.19 bits per heavy atom. The van der Waals surface area contributed by atoms with E-state index in [1.54, 1.807) is 14.2 Å². The van der Waals surface area contributed by atoms with Gasteiger partial charge in [0.2, 0.25) is 0 Å². The average Bonchev–Trinajstić information content (AvgIpc) is 3.08. The van der Waals surface area contributed by atoms with E-state index in [9.17, 15) is 5.11 Å². The Morgan fingerprint density at radius 2 is 1.75 bits per heavy atom. The third-order valence-electron chi connectivity index (χ3n) is 3.26.